The minimum Gasteiger partial charge on any atom is -0.395 e. The van der Waals surface area contributed by atoms with E-state index in [-0.39, 0.29) is 13.2 Å². The van der Waals surface area contributed by atoms with Gasteiger partial charge in [-0.15, -0.1) is 0 Å². The fourth-order valence-electron chi connectivity index (χ4n) is 2.14. The molecule has 7 nitrogen and oxygen atoms in total. The van der Waals surface area contributed by atoms with Crippen molar-refractivity contribution in [3.63, 3.8) is 0 Å². The first-order valence-electron chi connectivity index (χ1n) is 7.22. The first-order chi connectivity index (χ1) is 11.2. The number of nitriles is 1. The van der Waals surface area contributed by atoms with Gasteiger partial charge in [-0.05, 0) is 30.6 Å². The fraction of sp³-hybridized carbons (Fsp3) is 0.333. The number of aliphatic hydroxyl groups is 2. The standard InChI is InChI=1S/C15H19N5O2S/c1-11-14(10-16)15(23-19-11)18-17-12-2-4-13(5-3-12)20(6-8-21)7-9-22/h2-5,17-18,21-22H,6-9H2,1H3/p+1. The highest BCUT2D eigenvalue weighted by Crippen LogP contribution is 2.22. The number of nitrogen functional groups attached to an aromatic ring is 1. The molecule has 0 aliphatic heterocycles. The molecule has 0 atom stereocenters. The van der Waals surface area contributed by atoms with Crippen LogP contribution in [0.3, 0.4) is 0 Å². The molecule has 2 aromatic rings. The van der Waals surface area contributed by atoms with Gasteiger partial charge in [0.1, 0.15) is 11.6 Å². The number of aromatic nitrogens is 1. The molecule has 0 amide bonds. The lowest BCUT2D eigenvalue weighted by molar-refractivity contribution is -0.538. The van der Waals surface area contributed by atoms with Gasteiger partial charge in [0.2, 0.25) is 0 Å². The van der Waals surface area contributed by atoms with Crippen molar-refractivity contribution >= 4 is 27.9 Å². The number of aryl methyl sites for hydroxylation is 1. The van der Waals surface area contributed by atoms with Crippen molar-refractivity contribution in [3.8, 4) is 6.07 Å². The number of nitrogens with two attached hydrogens (primary N) is 1. The first kappa shape index (κ1) is 17.2. The Morgan fingerprint density at radius 2 is 1.91 bits per heavy atom. The monoisotopic (exact) mass is 334 g/mol. The van der Waals surface area contributed by atoms with Crippen LogP contribution in [0.25, 0.3) is 0 Å². The summed E-state index contributed by atoms with van der Waals surface area (Å²) in [5.74, 6) is 0. The van der Waals surface area contributed by atoms with E-state index < -0.39 is 0 Å². The SMILES string of the molecule is Cc1nsc(N[NH2+]c2ccc(N(CCO)CCO)cc2)c1C#N. The van der Waals surface area contributed by atoms with E-state index in [0.29, 0.717) is 18.7 Å². The number of rotatable bonds is 8. The topological polar surface area (TPSA) is 109 Å². The first-order valence-corrected chi connectivity index (χ1v) is 7.99. The highest BCUT2D eigenvalue weighted by Gasteiger charge is 2.11. The van der Waals surface area contributed by atoms with E-state index in [4.69, 9.17) is 15.5 Å². The average molecular weight is 334 g/mol. The second-order valence-corrected chi connectivity index (χ2v) is 5.67. The maximum absolute atomic E-state index is 9.10. The maximum atomic E-state index is 9.10. The lowest BCUT2D eigenvalue weighted by Gasteiger charge is -2.22. The largest absolute Gasteiger partial charge is 0.395 e. The van der Waals surface area contributed by atoms with E-state index in [1.54, 1.807) is 0 Å². The average Bonchev–Trinajstić information content (AvgIpc) is 2.93. The lowest BCUT2D eigenvalue weighted by atomic mass is 10.2. The summed E-state index contributed by atoms with van der Waals surface area (Å²) in [7, 11) is 0. The molecule has 0 bridgehead atoms. The van der Waals surface area contributed by atoms with E-state index in [1.165, 1.54) is 11.5 Å². The molecule has 0 fully saturated rings. The number of anilines is 2. The van der Waals surface area contributed by atoms with Gasteiger partial charge in [0.05, 0.1) is 18.9 Å². The number of nitrogens with one attached hydrogen (secondary N) is 1. The molecule has 0 spiro atoms. The zero-order valence-corrected chi connectivity index (χ0v) is 13.7. The van der Waals surface area contributed by atoms with Crippen LogP contribution in [0.5, 0.6) is 0 Å². The van der Waals surface area contributed by atoms with Crippen LogP contribution < -0.4 is 15.8 Å². The lowest BCUT2D eigenvalue weighted by Crippen LogP contribution is -2.82. The van der Waals surface area contributed by atoms with Gasteiger partial charge in [-0.1, -0.05) is 0 Å². The molecule has 0 saturated carbocycles. The van der Waals surface area contributed by atoms with Gasteiger partial charge in [0.15, 0.2) is 10.7 Å². The van der Waals surface area contributed by atoms with Crippen LogP contribution in [-0.4, -0.2) is 40.9 Å². The quantitative estimate of drug-likeness (QED) is 0.315. The maximum Gasteiger partial charge on any atom is 0.176 e. The summed E-state index contributed by atoms with van der Waals surface area (Å²) in [4.78, 5) is 1.91. The minimum atomic E-state index is 0.0388. The summed E-state index contributed by atoms with van der Waals surface area (Å²) in [6.07, 6.45) is 0. The Hall–Kier alpha value is -2.18. The summed E-state index contributed by atoms with van der Waals surface area (Å²) >= 11 is 1.26. The summed E-state index contributed by atoms with van der Waals surface area (Å²) in [5, 5.41) is 28.0. The van der Waals surface area contributed by atoms with Gasteiger partial charge in [-0.3, -0.25) is 0 Å². The summed E-state index contributed by atoms with van der Waals surface area (Å²) in [6, 6.07) is 9.88. The zero-order valence-electron chi connectivity index (χ0n) is 12.9. The Morgan fingerprint density at radius 1 is 1.26 bits per heavy atom. The Kier molecular flexibility index (Phi) is 6.31. The van der Waals surface area contributed by atoms with Gasteiger partial charge in [-0.25, -0.2) is 10.9 Å². The van der Waals surface area contributed by atoms with Crippen molar-refractivity contribution < 1.29 is 15.6 Å². The molecule has 8 heteroatoms. The van der Waals surface area contributed by atoms with E-state index in [1.807, 2.05) is 41.5 Å². The number of aliphatic hydroxyl groups excluding tert-OH is 2. The Balaban J connectivity index is 2.01. The smallest absolute Gasteiger partial charge is 0.176 e. The Bertz CT molecular complexity index is 659. The van der Waals surface area contributed by atoms with Crippen LogP contribution in [0.4, 0.5) is 16.4 Å². The number of hydrogen-bond acceptors (Lipinski definition) is 7. The van der Waals surface area contributed by atoms with E-state index in [0.717, 1.165) is 22.1 Å². The molecule has 1 aromatic carbocycles. The predicted octanol–water partition coefficient (Wildman–Crippen LogP) is 0.336. The molecule has 5 N–H and O–H groups in total. The van der Waals surface area contributed by atoms with Crippen LogP contribution in [-0.2, 0) is 0 Å². The van der Waals surface area contributed by atoms with E-state index in [2.05, 4.69) is 15.9 Å². The van der Waals surface area contributed by atoms with Crippen molar-refractivity contribution in [2.75, 3.05) is 36.6 Å². The van der Waals surface area contributed by atoms with Gasteiger partial charge < -0.3 is 15.1 Å². The molecule has 0 saturated heterocycles. The van der Waals surface area contributed by atoms with Crippen LogP contribution >= 0.6 is 11.5 Å². The number of quaternary nitrogens is 1. The molecule has 0 unspecified atom stereocenters. The van der Waals surface area contributed by atoms with Crippen LogP contribution in [0.1, 0.15) is 11.3 Å². The number of nitrogens with zero attached hydrogens (tertiary/aromatic N) is 3. The highest BCUT2D eigenvalue weighted by molar-refractivity contribution is 7.10. The predicted molar refractivity (Wildman–Crippen MR) is 89.6 cm³/mol. The van der Waals surface area contributed by atoms with Crippen LogP contribution in [0.2, 0.25) is 0 Å². The molecule has 1 aromatic heterocycles. The molecule has 0 radical (unpaired) electrons. The molecular weight excluding hydrogens is 314 g/mol. The number of benzene rings is 1. The molecule has 2 rings (SSSR count). The van der Waals surface area contributed by atoms with Gasteiger partial charge in [-0.2, -0.15) is 9.64 Å². The van der Waals surface area contributed by atoms with Gasteiger partial charge >= 0.3 is 0 Å². The van der Waals surface area contributed by atoms with Crippen LogP contribution in [0, 0.1) is 18.3 Å². The highest BCUT2D eigenvalue weighted by atomic mass is 32.1. The van der Waals surface area contributed by atoms with E-state index in [9.17, 15) is 0 Å². The third kappa shape index (κ3) is 4.40. The number of hydrogen-bond donors (Lipinski definition) is 4. The van der Waals surface area contributed by atoms with Crippen LogP contribution in [0.15, 0.2) is 24.3 Å². The molecule has 1 heterocycles. The summed E-state index contributed by atoms with van der Waals surface area (Å²) in [6.45, 7) is 2.85. The molecule has 0 aliphatic carbocycles. The van der Waals surface area contributed by atoms with Crippen molar-refractivity contribution in [1.82, 2.24) is 4.37 Å². The third-order valence-corrected chi connectivity index (χ3v) is 4.21. The second-order valence-electron chi connectivity index (χ2n) is 4.90. The van der Waals surface area contributed by atoms with E-state index >= 15 is 0 Å². The Morgan fingerprint density at radius 3 is 2.48 bits per heavy atom. The molecule has 23 heavy (non-hydrogen) atoms. The minimum absolute atomic E-state index is 0.0388. The van der Waals surface area contributed by atoms with Crippen molar-refractivity contribution in [2.45, 2.75) is 6.92 Å². The molecule has 122 valence electrons. The third-order valence-electron chi connectivity index (χ3n) is 3.34. The van der Waals surface area contributed by atoms with Gasteiger partial charge in [0, 0.05) is 30.9 Å². The second kappa shape index (κ2) is 8.45. The molecule has 0 aliphatic rings. The van der Waals surface area contributed by atoms with Crippen molar-refractivity contribution in [1.29, 1.82) is 5.26 Å². The Labute approximate surface area is 138 Å². The fourth-order valence-corrected chi connectivity index (χ4v) is 2.86. The van der Waals surface area contributed by atoms with Crippen molar-refractivity contribution in [3.05, 3.63) is 35.5 Å². The zero-order chi connectivity index (χ0) is 16.7. The normalized spacial score (nSPS) is 10.3. The summed E-state index contributed by atoms with van der Waals surface area (Å²) < 4.78 is 4.16. The van der Waals surface area contributed by atoms with Crippen molar-refractivity contribution in [2.24, 2.45) is 0 Å². The summed E-state index contributed by atoms with van der Waals surface area (Å²) in [5.41, 5.74) is 8.13. The molecular formula is C15H20N5O2S+. The van der Waals surface area contributed by atoms with Gasteiger partial charge in [0.25, 0.3) is 0 Å².